The van der Waals surface area contributed by atoms with Crippen LogP contribution in [0.5, 0.6) is 5.75 Å². The summed E-state index contributed by atoms with van der Waals surface area (Å²) >= 11 is 1.52. The average Bonchev–Trinajstić information content (AvgIpc) is 2.97. The van der Waals surface area contributed by atoms with E-state index in [2.05, 4.69) is 17.2 Å². The topological polar surface area (TPSA) is 51.2 Å². The molecular formula is C16H20N2O2S. The molecule has 1 heterocycles. The SMILES string of the molecule is CCCCNC(=O)c1csc(Cc2ccc(OC)cc2)n1. The van der Waals surface area contributed by atoms with Crippen molar-refractivity contribution in [1.82, 2.24) is 10.3 Å². The second-order valence-corrected chi connectivity index (χ2v) is 5.70. The van der Waals surface area contributed by atoms with E-state index >= 15 is 0 Å². The van der Waals surface area contributed by atoms with Crippen LogP contribution in [0.15, 0.2) is 29.6 Å². The number of hydrogen-bond acceptors (Lipinski definition) is 4. The maximum absolute atomic E-state index is 11.9. The zero-order valence-electron chi connectivity index (χ0n) is 12.4. The number of rotatable bonds is 7. The fourth-order valence-electron chi connectivity index (χ4n) is 1.88. The molecule has 1 aromatic carbocycles. The highest BCUT2D eigenvalue weighted by Gasteiger charge is 2.10. The van der Waals surface area contributed by atoms with Gasteiger partial charge in [0.05, 0.1) is 12.1 Å². The molecule has 0 bridgehead atoms. The van der Waals surface area contributed by atoms with Gasteiger partial charge in [-0.1, -0.05) is 25.5 Å². The fourth-order valence-corrected chi connectivity index (χ4v) is 2.69. The van der Waals surface area contributed by atoms with Crippen LogP contribution in [0.1, 0.15) is 40.8 Å². The molecule has 0 spiro atoms. The second-order valence-electron chi connectivity index (χ2n) is 4.76. The fraction of sp³-hybridized carbons (Fsp3) is 0.375. The maximum atomic E-state index is 11.9. The number of ether oxygens (including phenoxy) is 1. The van der Waals surface area contributed by atoms with E-state index in [9.17, 15) is 4.79 Å². The lowest BCUT2D eigenvalue weighted by Crippen LogP contribution is -2.24. The summed E-state index contributed by atoms with van der Waals surface area (Å²) in [5, 5.41) is 5.65. The molecule has 0 aliphatic heterocycles. The highest BCUT2D eigenvalue weighted by Crippen LogP contribution is 2.17. The Morgan fingerprint density at radius 1 is 1.33 bits per heavy atom. The van der Waals surface area contributed by atoms with E-state index in [-0.39, 0.29) is 5.91 Å². The lowest BCUT2D eigenvalue weighted by atomic mass is 10.1. The van der Waals surface area contributed by atoms with Crippen LogP contribution in [0.2, 0.25) is 0 Å². The molecule has 112 valence electrons. The number of aromatic nitrogens is 1. The van der Waals surface area contributed by atoms with Crippen molar-refractivity contribution in [3.8, 4) is 5.75 Å². The Morgan fingerprint density at radius 2 is 2.10 bits per heavy atom. The van der Waals surface area contributed by atoms with Gasteiger partial charge in [-0.3, -0.25) is 4.79 Å². The van der Waals surface area contributed by atoms with Gasteiger partial charge in [0.15, 0.2) is 0 Å². The van der Waals surface area contributed by atoms with Crippen molar-refractivity contribution < 1.29 is 9.53 Å². The summed E-state index contributed by atoms with van der Waals surface area (Å²) in [6.45, 7) is 2.81. The lowest BCUT2D eigenvalue weighted by molar-refractivity contribution is 0.0948. The summed E-state index contributed by atoms with van der Waals surface area (Å²) in [6, 6.07) is 7.89. The van der Waals surface area contributed by atoms with Crippen molar-refractivity contribution in [2.24, 2.45) is 0 Å². The summed E-state index contributed by atoms with van der Waals surface area (Å²) < 4.78 is 5.14. The molecule has 0 atom stereocenters. The molecule has 5 heteroatoms. The van der Waals surface area contributed by atoms with E-state index in [0.717, 1.165) is 35.6 Å². The zero-order valence-corrected chi connectivity index (χ0v) is 13.2. The van der Waals surface area contributed by atoms with Crippen molar-refractivity contribution in [2.45, 2.75) is 26.2 Å². The van der Waals surface area contributed by atoms with E-state index in [1.54, 1.807) is 7.11 Å². The van der Waals surface area contributed by atoms with E-state index in [0.29, 0.717) is 12.2 Å². The molecule has 1 amide bonds. The van der Waals surface area contributed by atoms with Gasteiger partial charge in [-0.2, -0.15) is 0 Å². The number of nitrogens with zero attached hydrogens (tertiary/aromatic N) is 1. The van der Waals surface area contributed by atoms with Crippen LogP contribution in [0, 0.1) is 0 Å². The smallest absolute Gasteiger partial charge is 0.270 e. The van der Waals surface area contributed by atoms with Crippen molar-refractivity contribution in [2.75, 3.05) is 13.7 Å². The van der Waals surface area contributed by atoms with Crippen LogP contribution in [0.4, 0.5) is 0 Å². The first kappa shape index (κ1) is 15.5. The first-order valence-corrected chi connectivity index (χ1v) is 7.96. The number of benzene rings is 1. The van der Waals surface area contributed by atoms with Crippen molar-refractivity contribution in [3.05, 3.63) is 45.9 Å². The zero-order chi connectivity index (χ0) is 15.1. The third-order valence-corrected chi connectivity index (χ3v) is 3.96. The molecule has 0 aliphatic carbocycles. The molecular weight excluding hydrogens is 284 g/mol. The lowest BCUT2D eigenvalue weighted by Gasteiger charge is -2.02. The number of thiazole rings is 1. The predicted molar refractivity (Wildman–Crippen MR) is 85.2 cm³/mol. The van der Waals surface area contributed by atoms with Gasteiger partial charge < -0.3 is 10.1 Å². The van der Waals surface area contributed by atoms with E-state index in [1.807, 2.05) is 29.6 Å². The van der Waals surface area contributed by atoms with Gasteiger partial charge >= 0.3 is 0 Å². The van der Waals surface area contributed by atoms with Gasteiger partial charge in [-0.25, -0.2) is 4.98 Å². The first-order chi connectivity index (χ1) is 10.2. The third kappa shape index (κ3) is 4.56. The molecule has 0 fully saturated rings. The summed E-state index contributed by atoms with van der Waals surface area (Å²) in [5.74, 6) is 0.759. The van der Waals surface area contributed by atoms with Gasteiger partial charge in [0.2, 0.25) is 0 Å². The van der Waals surface area contributed by atoms with Gasteiger partial charge in [0, 0.05) is 18.3 Å². The molecule has 0 radical (unpaired) electrons. The van der Waals surface area contributed by atoms with Crippen LogP contribution in [0.3, 0.4) is 0 Å². The Morgan fingerprint density at radius 3 is 2.76 bits per heavy atom. The predicted octanol–water partition coefficient (Wildman–Crippen LogP) is 3.27. The number of amides is 1. The standard InChI is InChI=1S/C16H20N2O2S/c1-3-4-9-17-16(19)14-11-21-15(18-14)10-12-5-7-13(20-2)8-6-12/h5-8,11H,3-4,9-10H2,1-2H3,(H,17,19). The molecule has 0 saturated heterocycles. The van der Waals surface area contributed by atoms with Crippen molar-refractivity contribution in [3.63, 3.8) is 0 Å². The normalized spacial score (nSPS) is 10.4. The minimum atomic E-state index is -0.0827. The number of carbonyl (C=O) groups is 1. The molecule has 0 saturated carbocycles. The number of methoxy groups -OCH3 is 1. The minimum absolute atomic E-state index is 0.0827. The van der Waals surface area contributed by atoms with Crippen molar-refractivity contribution in [1.29, 1.82) is 0 Å². The van der Waals surface area contributed by atoms with Crippen LogP contribution in [-0.4, -0.2) is 24.5 Å². The summed E-state index contributed by atoms with van der Waals surface area (Å²) in [7, 11) is 1.65. The van der Waals surface area contributed by atoms with Crippen molar-refractivity contribution >= 4 is 17.2 Å². The highest BCUT2D eigenvalue weighted by atomic mass is 32.1. The van der Waals surface area contributed by atoms with Crippen LogP contribution in [0.25, 0.3) is 0 Å². The molecule has 4 nitrogen and oxygen atoms in total. The van der Waals surface area contributed by atoms with Gasteiger partial charge in [-0.15, -0.1) is 11.3 Å². The average molecular weight is 304 g/mol. The number of carbonyl (C=O) groups excluding carboxylic acids is 1. The minimum Gasteiger partial charge on any atom is -0.497 e. The molecule has 0 unspecified atom stereocenters. The Kier molecular flexibility index (Phi) is 5.75. The summed E-state index contributed by atoms with van der Waals surface area (Å²) in [4.78, 5) is 16.3. The quantitative estimate of drug-likeness (QED) is 0.799. The molecule has 2 aromatic rings. The largest absolute Gasteiger partial charge is 0.497 e. The second kappa shape index (κ2) is 7.78. The first-order valence-electron chi connectivity index (χ1n) is 7.08. The van der Waals surface area contributed by atoms with Crippen LogP contribution in [-0.2, 0) is 6.42 Å². The number of nitrogens with one attached hydrogen (secondary N) is 1. The Labute approximate surface area is 129 Å². The Balaban J connectivity index is 1.94. The van der Waals surface area contributed by atoms with Gasteiger partial charge in [-0.05, 0) is 24.1 Å². The monoisotopic (exact) mass is 304 g/mol. The number of unbranched alkanes of at least 4 members (excludes halogenated alkanes) is 1. The molecule has 21 heavy (non-hydrogen) atoms. The van der Waals surface area contributed by atoms with E-state index < -0.39 is 0 Å². The molecule has 2 rings (SSSR count). The molecule has 1 aromatic heterocycles. The Bertz CT molecular complexity index is 578. The van der Waals surface area contributed by atoms with Gasteiger partial charge in [0.25, 0.3) is 5.91 Å². The van der Waals surface area contributed by atoms with Crippen LogP contribution >= 0.6 is 11.3 Å². The highest BCUT2D eigenvalue weighted by molar-refractivity contribution is 7.09. The number of hydrogen-bond donors (Lipinski definition) is 1. The molecule has 0 aliphatic rings. The summed E-state index contributed by atoms with van der Waals surface area (Å²) in [6.07, 6.45) is 2.80. The van der Waals surface area contributed by atoms with Crippen LogP contribution < -0.4 is 10.1 Å². The Hall–Kier alpha value is -1.88. The van der Waals surface area contributed by atoms with E-state index in [1.165, 1.54) is 11.3 Å². The molecule has 1 N–H and O–H groups in total. The maximum Gasteiger partial charge on any atom is 0.270 e. The van der Waals surface area contributed by atoms with Gasteiger partial charge in [0.1, 0.15) is 11.4 Å². The summed E-state index contributed by atoms with van der Waals surface area (Å²) in [5.41, 5.74) is 1.67. The third-order valence-electron chi connectivity index (χ3n) is 3.11. The van der Waals surface area contributed by atoms with E-state index in [4.69, 9.17) is 4.74 Å².